The van der Waals surface area contributed by atoms with Gasteiger partial charge < -0.3 is 10.1 Å². The van der Waals surface area contributed by atoms with Crippen molar-refractivity contribution >= 4 is 63.4 Å². The molecule has 1 fully saturated rings. The standard InChI is InChI=1S/C26H14Cl2F6N6O3S/c27-14-2-7-17(25(29,30)31)20(10-14)40-21(41)11-44-24(40)37-23(42)36-19-8-1-13(9-18(19)28)22-35-12-39(38-22)15-3-5-16(6-4-15)43-26(32,33)34/h1-10,12H,11H2,(H,36,42)/b37-24-. The molecule has 3 aromatic carbocycles. The van der Waals surface area contributed by atoms with Gasteiger partial charge in [0.1, 0.15) is 12.1 Å². The summed E-state index contributed by atoms with van der Waals surface area (Å²) in [6.45, 7) is 0. The van der Waals surface area contributed by atoms with E-state index in [0.29, 0.717) is 16.2 Å². The van der Waals surface area contributed by atoms with E-state index in [1.54, 1.807) is 0 Å². The molecule has 0 radical (unpaired) electrons. The van der Waals surface area contributed by atoms with Crippen molar-refractivity contribution in [2.45, 2.75) is 12.5 Å². The average Bonchev–Trinajstić information content (AvgIpc) is 3.56. The van der Waals surface area contributed by atoms with Gasteiger partial charge in [-0.25, -0.2) is 14.5 Å². The molecule has 0 atom stereocenters. The summed E-state index contributed by atoms with van der Waals surface area (Å²) in [5.41, 5.74) is -0.799. The Morgan fingerprint density at radius 2 is 1.73 bits per heavy atom. The lowest BCUT2D eigenvalue weighted by Gasteiger charge is -2.21. The molecule has 0 saturated carbocycles. The van der Waals surface area contributed by atoms with Crippen LogP contribution in [0.3, 0.4) is 0 Å². The maximum atomic E-state index is 13.6. The number of rotatable bonds is 5. The van der Waals surface area contributed by atoms with Gasteiger partial charge in [-0.05, 0) is 60.7 Å². The Morgan fingerprint density at radius 1 is 1.00 bits per heavy atom. The molecule has 228 valence electrons. The third-order valence-corrected chi connectivity index (χ3v) is 7.24. The lowest BCUT2D eigenvalue weighted by molar-refractivity contribution is -0.274. The van der Waals surface area contributed by atoms with Crippen LogP contribution >= 0.6 is 35.0 Å². The third-order valence-electron chi connectivity index (χ3n) is 5.76. The van der Waals surface area contributed by atoms with Crippen molar-refractivity contribution in [3.05, 3.63) is 82.6 Å². The van der Waals surface area contributed by atoms with Gasteiger partial charge in [-0.15, -0.1) is 18.3 Å². The normalized spacial score (nSPS) is 14.8. The molecule has 18 heteroatoms. The number of halogens is 8. The minimum atomic E-state index is -4.83. The summed E-state index contributed by atoms with van der Waals surface area (Å²) in [6.07, 6.45) is -8.31. The van der Waals surface area contributed by atoms with Crippen molar-refractivity contribution in [1.82, 2.24) is 14.8 Å². The molecule has 0 bridgehead atoms. The quantitative estimate of drug-likeness (QED) is 0.217. The summed E-state index contributed by atoms with van der Waals surface area (Å²) in [5, 5.41) is 6.37. The van der Waals surface area contributed by atoms with Crippen LogP contribution in [0.25, 0.3) is 17.1 Å². The maximum absolute atomic E-state index is 13.6. The molecular weight excluding hydrogens is 661 g/mol. The van der Waals surface area contributed by atoms with Crippen molar-refractivity contribution < 1.29 is 40.7 Å². The van der Waals surface area contributed by atoms with Crippen LogP contribution in [0.2, 0.25) is 10.0 Å². The highest BCUT2D eigenvalue weighted by molar-refractivity contribution is 8.15. The van der Waals surface area contributed by atoms with Crippen LogP contribution in [-0.4, -0.2) is 44.0 Å². The summed E-state index contributed by atoms with van der Waals surface area (Å²) in [7, 11) is 0. The number of urea groups is 1. The first-order valence-electron chi connectivity index (χ1n) is 12.0. The Labute approximate surface area is 257 Å². The first-order chi connectivity index (χ1) is 20.7. The van der Waals surface area contributed by atoms with Gasteiger partial charge in [-0.3, -0.25) is 9.69 Å². The number of ether oxygens (including phenoxy) is 1. The molecule has 44 heavy (non-hydrogen) atoms. The van der Waals surface area contributed by atoms with Gasteiger partial charge in [-0.1, -0.05) is 35.0 Å². The average molecular weight is 675 g/mol. The number of thioether (sulfide) groups is 1. The lowest BCUT2D eigenvalue weighted by atomic mass is 10.1. The highest BCUT2D eigenvalue weighted by Crippen LogP contribution is 2.40. The van der Waals surface area contributed by atoms with Crippen molar-refractivity contribution in [3.8, 4) is 22.8 Å². The number of hydrogen-bond acceptors (Lipinski definition) is 6. The smallest absolute Gasteiger partial charge is 0.406 e. The fourth-order valence-electron chi connectivity index (χ4n) is 3.92. The predicted molar refractivity (Wildman–Crippen MR) is 151 cm³/mol. The Morgan fingerprint density at radius 3 is 2.39 bits per heavy atom. The van der Waals surface area contributed by atoms with Crippen LogP contribution < -0.4 is 15.0 Å². The number of nitrogens with zero attached hydrogens (tertiary/aromatic N) is 5. The number of aromatic nitrogens is 3. The Bertz CT molecular complexity index is 1780. The zero-order valence-electron chi connectivity index (χ0n) is 21.5. The molecule has 3 amide bonds. The molecule has 5 rings (SSSR count). The van der Waals surface area contributed by atoms with Gasteiger partial charge in [0.15, 0.2) is 11.0 Å². The zero-order chi connectivity index (χ0) is 31.8. The molecular formula is C26H14Cl2F6N6O3S. The molecule has 2 heterocycles. The number of alkyl halides is 6. The van der Waals surface area contributed by atoms with E-state index in [2.05, 4.69) is 25.1 Å². The number of amides is 3. The molecule has 1 aromatic heterocycles. The summed E-state index contributed by atoms with van der Waals surface area (Å²) in [5.74, 6) is -1.19. The zero-order valence-corrected chi connectivity index (χ0v) is 23.8. The van der Waals surface area contributed by atoms with Crippen LogP contribution in [-0.2, 0) is 11.0 Å². The second-order valence-electron chi connectivity index (χ2n) is 8.75. The van der Waals surface area contributed by atoms with E-state index in [4.69, 9.17) is 23.2 Å². The molecule has 0 aliphatic carbocycles. The molecule has 9 nitrogen and oxygen atoms in total. The number of carbonyl (C=O) groups is 2. The van der Waals surface area contributed by atoms with Gasteiger partial charge >= 0.3 is 18.6 Å². The Hall–Kier alpha value is -4.28. The van der Waals surface area contributed by atoms with Crippen LogP contribution in [0.1, 0.15) is 5.56 Å². The van der Waals surface area contributed by atoms with E-state index in [9.17, 15) is 35.9 Å². The minimum absolute atomic E-state index is 0.0299. The second kappa shape index (κ2) is 12.0. The van der Waals surface area contributed by atoms with Crippen molar-refractivity contribution in [1.29, 1.82) is 0 Å². The number of carbonyl (C=O) groups excluding carboxylic acids is 2. The molecule has 0 spiro atoms. The molecule has 1 saturated heterocycles. The number of anilines is 2. The second-order valence-corrected chi connectivity index (χ2v) is 10.5. The van der Waals surface area contributed by atoms with Crippen LogP contribution in [0.5, 0.6) is 5.75 Å². The topological polar surface area (TPSA) is 102 Å². The largest absolute Gasteiger partial charge is 0.573 e. The molecule has 1 aliphatic heterocycles. The van der Waals surface area contributed by atoms with E-state index in [-0.39, 0.29) is 32.5 Å². The van der Waals surface area contributed by atoms with E-state index in [0.717, 1.165) is 42.1 Å². The summed E-state index contributed by atoms with van der Waals surface area (Å²) in [4.78, 5) is 33.8. The highest BCUT2D eigenvalue weighted by atomic mass is 35.5. The Balaban J connectivity index is 1.32. The predicted octanol–water partition coefficient (Wildman–Crippen LogP) is 7.83. The summed E-state index contributed by atoms with van der Waals surface area (Å²) >= 11 is 13.0. The van der Waals surface area contributed by atoms with Crippen molar-refractivity contribution in [3.63, 3.8) is 0 Å². The van der Waals surface area contributed by atoms with Gasteiger partial charge in [-0.2, -0.15) is 18.2 Å². The number of nitrogens with one attached hydrogen (secondary N) is 1. The number of hydrogen-bond donors (Lipinski definition) is 1. The number of amidine groups is 1. The molecule has 1 aliphatic rings. The van der Waals surface area contributed by atoms with Crippen molar-refractivity contribution in [2.24, 2.45) is 4.99 Å². The highest BCUT2D eigenvalue weighted by Gasteiger charge is 2.40. The summed E-state index contributed by atoms with van der Waals surface area (Å²) in [6, 6.07) is 11.0. The molecule has 4 aromatic rings. The van der Waals surface area contributed by atoms with Gasteiger partial charge in [0.05, 0.1) is 33.4 Å². The first kappa shape index (κ1) is 31.2. The number of benzene rings is 3. The van der Waals surface area contributed by atoms with Crippen LogP contribution in [0.4, 0.5) is 42.5 Å². The fraction of sp³-hybridized carbons (Fsp3) is 0.115. The van der Waals surface area contributed by atoms with E-state index >= 15 is 0 Å². The minimum Gasteiger partial charge on any atom is -0.406 e. The van der Waals surface area contributed by atoms with Crippen molar-refractivity contribution in [2.75, 3.05) is 16.0 Å². The van der Waals surface area contributed by atoms with E-state index < -0.39 is 41.5 Å². The van der Waals surface area contributed by atoms with Crippen LogP contribution in [0, 0.1) is 0 Å². The Kier molecular flexibility index (Phi) is 8.51. The van der Waals surface area contributed by atoms with Gasteiger partial charge in [0, 0.05) is 10.6 Å². The SMILES string of the molecule is O=C(/N=C1\SCC(=O)N1c1cc(Cl)ccc1C(F)(F)F)Nc1ccc(-c2ncn(-c3ccc(OC(F)(F)F)cc3)n2)cc1Cl. The molecule has 1 N–H and O–H groups in total. The number of aliphatic imine (C=N–C) groups is 1. The van der Waals surface area contributed by atoms with Crippen LogP contribution in [0.15, 0.2) is 72.0 Å². The summed E-state index contributed by atoms with van der Waals surface area (Å²) < 4.78 is 83.2. The lowest BCUT2D eigenvalue weighted by Crippen LogP contribution is -2.32. The molecule has 0 unspecified atom stereocenters. The third kappa shape index (κ3) is 7.09. The fourth-order valence-corrected chi connectivity index (χ4v) is 5.17. The van der Waals surface area contributed by atoms with Gasteiger partial charge in [0.25, 0.3) is 0 Å². The first-order valence-corrected chi connectivity index (χ1v) is 13.7. The van der Waals surface area contributed by atoms with Gasteiger partial charge in [0.2, 0.25) is 5.91 Å². The monoisotopic (exact) mass is 674 g/mol. The van der Waals surface area contributed by atoms with E-state index in [1.807, 2.05) is 0 Å². The maximum Gasteiger partial charge on any atom is 0.573 e. The van der Waals surface area contributed by atoms with E-state index in [1.165, 1.54) is 41.3 Å².